The third-order valence-electron chi connectivity index (χ3n) is 26.7. The predicted molar refractivity (Wildman–Crippen MR) is 545 cm³/mol. The van der Waals surface area contributed by atoms with E-state index in [-0.39, 0.29) is 0 Å². The van der Waals surface area contributed by atoms with Crippen LogP contribution in [0.25, 0.3) is 44.5 Å². The first kappa shape index (κ1) is 82.6. The smallest absolute Gasteiger partial charge is 0.0714 e. The Hall–Kier alpha value is -9.68. The molecule has 0 spiro atoms. The molecule has 0 fully saturated rings. The lowest BCUT2D eigenvalue weighted by molar-refractivity contribution is 0.762. The Balaban J connectivity index is 0.567. The molecule has 0 nitrogen and oxygen atoms in total. The first-order chi connectivity index (χ1) is 60.5. The van der Waals surface area contributed by atoms with Gasteiger partial charge in [-0.3, -0.25) is 0 Å². The Morgan fingerprint density at radius 3 is 0.452 bits per heavy atom. The highest BCUT2D eigenvalue weighted by Crippen LogP contribution is 2.63. The molecule has 16 aromatic carbocycles. The second-order valence-electron chi connectivity index (χ2n) is 33.3. The van der Waals surface area contributed by atoms with E-state index in [1.165, 1.54) is 178 Å². The average molecular weight is 2120 g/mol. The molecule has 8 heteroatoms. The standard InChI is InChI=1S/C116H82Br8/c1-3-5-7-9-73-17-33-81(34-18-73)113(105-65-89(117)49-57-97(105)98-58-50-90(118)66-106(98)113)83-37-21-75(22-38-83)11-13-77-25-41-85(42-26-77)115(109-69-93(121)53-61-101(109)102-62-54-94(122)70-110(102)115)87-45-29-79(30-46-87)15-16-80-31-47-88(48-32-80)116(111-71-95(123)55-63-103(111)104-64-56-96(124)72-112(104)116)86-43-27-78(28-44-86)14-12-76-23-39-84(40-24-76)114(82-35-19-74(20-36-82)10-8-6-4-2)107-67-91(119)51-59-99(107)100-60-52-92(120)68-108(100)114/h3-8,17-72H,1-2,9-16H2/b7-5+,8-6+. The number of fused-ring (bicyclic) bond motifs is 12. The summed E-state index contributed by atoms with van der Waals surface area (Å²) in [4.78, 5) is 0. The maximum Gasteiger partial charge on any atom is 0.0714 e. The average Bonchev–Trinajstić information content (AvgIpc) is 1.55. The second kappa shape index (κ2) is 34.2. The molecule has 0 bridgehead atoms. The van der Waals surface area contributed by atoms with Crippen molar-refractivity contribution in [1.82, 2.24) is 0 Å². The van der Waals surface area contributed by atoms with Crippen molar-refractivity contribution in [2.45, 2.75) is 73.0 Å². The quantitative estimate of drug-likeness (QED) is 0.0560. The highest BCUT2D eigenvalue weighted by atomic mass is 79.9. The van der Waals surface area contributed by atoms with E-state index >= 15 is 0 Å². The molecule has 16 aromatic rings. The van der Waals surface area contributed by atoms with Crippen LogP contribution in [-0.2, 0) is 73.0 Å². The lowest BCUT2D eigenvalue weighted by atomic mass is 9.67. The molecule has 4 aliphatic carbocycles. The molecule has 0 saturated heterocycles. The van der Waals surface area contributed by atoms with Gasteiger partial charge in [-0.25, -0.2) is 0 Å². The van der Waals surface area contributed by atoms with Crippen LogP contribution >= 0.6 is 127 Å². The zero-order chi connectivity index (χ0) is 84.6. The van der Waals surface area contributed by atoms with Crippen LogP contribution in [-0.4, -0.2) is 0 Å². The van der Waals surface area contributed by atoms with E-state index in [0.717, 1.165) is 87.1 Å². The third-order valence-corrected chi connectivity index (χ3v) is 30.6. The normalized spacial score (nSPS) is 14.2. The van der Waals surface area contributed by atoms with Gasteiger partial charge in [0.15, 0.2) is 0 Å². The summed E-state index contributed by atoms with van der Waals surface area (Å²) in [5.74, 6) is 0. The van der Waals surface area contributed by atoms with Crippen molar-refractivity contribution < 1.29 is 0 Å². The monoisotopic (exact) mass is 2110 g/mol. The first-order valence-corrected chi connectivity index (χ1v) is 48.6. The largest absolute Gasteiger partial charge is 0.0991 e. The van der Waals surface area contributed by atoms with Gasteiger partial charge < -0.3 is 0 Å². The highest BCUT2D eigenvalue weighted by molar-refractivity contribution is 9.11. The van der Waals surface area contributed by atoms with Crippen LogP contribution in [0.5, 0.6) is 0 Å². The number of benzene rings is 16. The maximum absolute atomic E-state index is 3.98. The second-order valence-corrected chi connectivity index (χ2v) is 40.7. The predicted octanol–water partition coefficient (Wildman–Crippen LogP) is 33.2. The Morgan fingerprint density at radius 1 is 0.177 bits per heavy atom. The molecule has 0 aromatic heterocycles. The first-order valence-electron chi connectivity index (χ1n) is 42.3. The van der Waals surface area contributed by atoms with E-state index in [1.807, 2.05) is 24.3 Å². The van der Waals surface area contributed by atoms with Gasteiger partial charge in [0.05, 0.1) is 21.7 Å². The zero-order valence-electron chi connectivity index (χ0n) is 67.9. The lowest BCUT2D eigenvalue weighted by Gasteiger charge is -2.34. The van der Waals surface area contributed by atoms with Gasteiger partial charge in [-0.2, -0.15) is 0 Å². The molecule has 602 valence electrons. The topological polar surface area (TPSA) is 0 Å². The number of hydrogen-bond acceptors (Lipinski definition) is 0. The SMILES string of the molecule is C=C/C=C/Cc1ccc(C2(c3ccc(CCc4ccc(C5(c6ccc(CCc7ccc(C8(c9ccc(CCc%10ccc(C%11(c%12ccc(C/C=C/C=C)cc%12)c%12cc(Br)ccc%12-c%12ccc(Br)cc%12%11)cc%10)cc9)c9cc(Br)ccc9-c9ccc(Br)cc98)cc7)cc6)c6cc(Br)ccc6-c6ccc(Br)cc65)cc4)cc3)c3cc(Br)ccc3-c3ccc(Br)cc32)cc1. The Morgan fingerprint density at radius 2 is 0.315 bits per heavy atom. The molecule has 0 unspecified atom stereocenters. The summed E-state index contributed by atoms with van der Waals surface area (Å²) in [5, 5.41) is 0. The summed E-state index contributed by atoms with van der Waals surface area (Å²) in [5.41, 5.74) is 38.3. The van der Waals surface area contributed by atoms with Crippen molar-refractivity contribution in [3.05, 3.63) is 559 Å². The molecule has 20 rings (SSSR count). The van der Waals surface area contributed by atoms with E-state index in [0.29, 0.717) is 0 Å². The van der Waals surface area contributed by atoms with Gasteiger partial charge >= 0.3 is 0 Å². The van der Waals surface area contributed by atoms with E-state index in [9.17, 15) is 0 Å². The van der Waals surface area contributed by atoms with Crippen molar-refractivity contribution in [2.24, 2.45) is 0 Å². The number of rotatable bonds is 23. The fraction of sp³-hybridized carbons (Fsp3) is 0.103. The van der Waals surface area contributed by atoms with Crippen LogP contribution in [0.15, 0.2) is 425 Å². The molecule has 0 aliphatic heterocycles. The Kier molecular flexibility index (Phi) is 22.8. The van der Waals surface area contributed by atoms with Crippen LogP contribution < -0.4 is 0 Å². The van der Waals surface area contributed by atoms with Gasteiger partial charge in [0, 0.05) is 35.8 Å². The fourth-order valence-corrected chi connectivity index (χ4v) is 23.9. The Bertz CT molecular complexity index is 6310. The van der Waals surface area contributed by atoms with E-state index in [1.54, 1.807) is 0 Å². The van der Waals surface area contributed by atoms with Gasteiger partial charge in [-0.15, -0.1) is 0 Å². The molecule has 0 heterocycles. The van der Waals surface area contributed by atoms with Crippen LogP contribution in [0.2, 0.25) is 0 Å². The molecule has 0 amide bonds. The van der Waals surface area contributed by atoms with Gasteiger partial charge in [-0.1, -0.05) is 420 Å². The van der Waals surface area contributed by atoms with Crippen molar-refractivity contribution in [3.63, 3.8) is 0 Å². The van der Waals surface area contributed by atoms with Gasteiger partial charge in [0.1, 0.15) is 0 Å². The molecule has 124 heavy (non-hydrogen) atoms. The summed E-state index contributed by atoms with van der Waals surface area (Å²) < 4.78 is 8.50. The molecule has 4 aliphatic rings. The summed E-state index contributed by atoms with van der Waals surface area (Å²) >= 11 is 31.5. The number of aryl methyl sites for hydroxylation is 6. The van der Waals surface area contributed by atoms with E-state index in [2.05, 4.69) is 492 Å². The molecule has 0 atom stereocenters. The van der Waals surface area contributed by atoms with Crippen molar-refractivity contribution in [1.29, 1.82) is 0 Å². The molecular formula is C116H82Br8. The van der Waals surface area contributed by atoms with Crippen LogP contribution in [0.4, 0.5) is 0 Å². The molecular weight excluding hydrogens is 2030 g/mol. The van der Waals surface area contributed by atoms with E-state index < -0.39 is 21.7 Å². The maximum atomic E-state index is 3.98. The lowest BCUT2D eigenvalue weighted by Crippen LogP contribution is -2.29. The minimum absolute atomic E-state index is 0.534. The summed E-state index contributed by atoms with van der Waals surface area (Å²) in [6.07, 6.45) is 19.1. The van der Waals surface area contributed by atoms with Gasteiger partial charge in [0.25, 0.3) is 0 Å². The van der Waals surface area contributed by atoms with Gasteiger partial charge in [0.2, 0.25) is 0 Å². The molecule has 0 N–H and O–H groups in total. The minimum atomic E-state index is -0.591. The van der Waals surface area contributed by atoms with Crippen LogP contribution in [0.3, 0.4) is 0 Å². The van der Waals surface area contributed by atoms with Gasteiger partial charge in [-0.05, 0) is 326 Å². The summed E-state index contributed by atoms with van der Waals surface area (Å²) in [6, 6.07) is 130. The van der Waals surface area contributed by atoms with Crippen molar-refractivity contribution >= 4 is 127 Å². The highest BCUT2D eigenvalue weighted by Gasteiger charge is 2.51. The summed E-state index contributed by atoms with van der Waals surface area (Å²) in [6.45, 7) is 7.78. The third kappa shape index (κ3) is 14.4. The van der Waals surface area contributed by atoms with E-state index in [4.69, 9.17) is 0 Å². The number of allylic oxidation sites excluding steroid dienone is 6. The summed E-state index contributed by atoms with van der Waals surface area (Å²) in [7, 11) is 0. The Labute approximate surface area is 795 Å². The number of halogens is 8. The fourth-order valence-electron chi connectivity index (χ4n) is 21.0. The molecule has 0 radical (unpaired) electrons. The van der Waals surface area contributed by atoms with Crippen molar-refractivity contribution in [2.75, 3.05) is 0 Å². The van der Waals surface area contributed by atoms with Crippen molar-refractivity contribution in [3.8, 4) is 44.5 Å². The molecule has 0 saturated carbocycles. The number of hydrogen-bond donors (Lipinski definition) is 0. The minimum Gasteiger partial charge on any atom is -0.0991 e. The van der Waals surface area contributed by atoms with Crippen LogP contribution in [0, 0.1) is 0 Å². The van der Waals surface area contributed by atoms with Crippen LogP contribution in [0.1, 0.15) is 134 Å². The zero-order valence-corrected chi connectivity index (χ0v) is 80.6.